The molecule has 17 heavy (non-hydrogen) atoms. The van der Waals surface area contributed by atoms with Gasteiger partial charge >= 0.3 is 5.97 Å². The van der Waals surface area contributed by atoms with Gasteiger partial charge in [0.1, 0.15) is 6.04 Å². The number of piperidine rings is 1. The second-order valence-corrected chi connectivity index (χ2v) is 5.03. The van der Waals surface area contributed by atoms with Crippen LogP contribution in [0.25, 0.3) is 0 Å². The highest BCUT2D eigenvalue weighted by Gasteiger charge is 2.26. The molecule has 0 saturated carbocycles. The summed E-state index contributed by atoms with van der Waals surface area (Å²) in [5.41, 5.74) is 0. The van der Waals surface area contributed by atoms with Crippen molar-refractivity contribution in [1.82, 2.24) is 10.6 Å². The third-order valence-electron chi connectivity index (χ3n) is 2.95. The van der Waals surface area contributed by atoms with Gasteiger partial charge in [-0.1, -0.05) is 20.3 Å². The number of amides is 1. The van der Waals surface area contributed by atoms with Crippen LogP contribution >= 0.6 is 0 Å². The Kier molecular flexibility index (Phi) is 5.41. The van der Waals surface area contributed by atoms with Gasteiger partial charge in [-0.25, -0.2) is 4.79 Å². The second kappa shape index (κ2) is 6.59. The van der Waals surface area contributed by atoms with Crippen LogP contribution in [-0.2, 0) is 9.59 Å². The van der Waals surface area contributed by atoms with Gasteiger partial charge in [0.2, 0.25) is 5.91 Å². The number of carboxylic acid groups (broad SMARTS) is 1. The number of hydrogen-bond donors (Lipinski definition) is 3. The minimum absolute atomic E-state index is 0.183. The molecule has 0 aromatic carbocycles. The molecular formula is C12H22N2O3. The lowest BCUT2D eigenvalue weighted by molar-refractivity contribution is -0.142. The van der Waals surface area contributed by atoms with Crippen LogP contribution in [0.4, 0.5) is 0 Å². The van der Waals surface area contributed by atoms with E-state index in [-0.39, 0.29) is 17.9 Å². The summed E-state index contributed by atoms with van der Waals surface area (Å²) in [6, 6.07) is -0.996. The van der Waals surface area contributed by atoms with Crippen LogP contribution in [0.2, 0.25) is 0 Å². The third-order valence-corrected chi connectivity index (χ3v) is 2.95. The van der Waals surface area contributed by atoms with Crippen LogP contribution in [0.1, 0.15) is 39.5 Å². The average molecular weight is 242 g/mol. The van der Waals surface area contributed by atoms with Crippen molar-refractivity contribution in [3.8, 4) is 0 Å². The van der Waals surface area contributed by atoms with Gasteiger partial charge in [0, 0.05) is 0 Å². The molecule has 98 valence electrons. The van der Waals surface area contributed by atoms with Crippen LogP contribution in [0.3, 0.4) is 0 Å². The predicted molar refractivity (Wildman–Crippen MR) is 64.7 cm³/mol. The smallest absolute Gasteiger partial charge is 0.326 e. The van der Waals surface area contributed by atoms with E-state index in [1.54, 1.807) is 0 Å². The van der Waals surface area contributed by atoms with Gasteiger partial charge < -0.3 is 15.7 Å². The zero-order valence-electron chi connectivity index (χ0n) is 10.5. The summed E-state index contributed by atoms with van der Waals surface area (Å²) in [5.74, 6) is -0.892. The van der Waals surface area contributed by atoms with Gasteiger partial charge in [0.25, 0.3) is 0 Å². The van der Waals surface area contributed by atoms with E-state index in [1.165, 1.54) is 0 Å². The molecule has 0 aromatic rings. The van der Waals surface area contributed by atoms with E-state index < -0.39 is 12.0 Å². The lowest BCUT2D eigenvalue weighted by Gasteiger charge is -2.25. The van der Waals surface area contributed by atoms with E-state index in [9.17, 15) is 9.59 Å². The Balaban J connectivity index is 2.47. The molecule has 0 aliphatic carbocycles. The molecular weight excluding hydrogens is 220 g/mol. The fourth-order valence-electron chi connectivity index (χ4n) is 2.04. The molecule has 3 N–H and O–H groups in total. The summed E-state index contributed by atoms with van der Waals surface area (Å²) >= 11 is 0. The van der Waals surface area contributed by atoms with E-state index in [0.29, 0.717) is 6.42 Å². The fourth-order valence-corrected chi connectivity index (χ4v) is 2.04. The Morgan fingerprint density at radius 2 is 2.12 bits per heavy atom. The SMILES string of the molecule is CC(C)C[C@H](NC(=O)[C@H]1CCCCN1)C(=O)O. The molecule has 0 bridgehead atoms. The molecule has 1 amide bonds. The maximum Gasteiger partial charge on any atom is 0.326 e. The lowest BCUT2D eigenvalue weighted by Crippen LogP contribution is -2.51. The highest BCUT2D eigenvalue weighted by molar-refractivity contribution is 5.86. The van der Waals surface area contributed by atoms with Crippen molar-refractivity contribution in [2.45, 2.75) is 51.6 Å². The molecule has 1 fully saturated rings. The number of carbonyl (C=O) groups is 2. The van der Waals surface area contributed by atoms with Gasteiger partial charge in [-0.3, -0.25) is 4.79 Å². The molecule has 1 heterocycles. The van der Waals surface area contributed by atoms with E-state index in [0.717, 1.165) is 25.8 Å². The minimum Gasteiger partial charge on any atom is -0.480 e. The first-order valence-electron chi connectivity index (χ1n) is 6.27. The van der Waals surface area contributed by atoms with Crippen LogP contribution < -0.4 is 10.6 Å². The predicted octanol–water partition coefficient (Wildman–Crippen LogP) is 0.744. The van der Waals surface area contributed by atoms with Crippen LogP contribution in [-0.4, -0.2) is 35.6 Å². The number of nitrogens with one attached hydrogen (secondary N) is 2. The lowest BCUT2D eigenvalue weighted by atomic mass is 10.0. The van der Waals surface area contributed by atoms with Crippen molar-refractivity contribution in [3.63, 3.8) is 0 Å². The van der Waals surface area contributed by atoms with Crippen molar-refractivity contribution in [1.29, 1.82) is 0 Å². The number of carboxylic acids is 1. The standard InChI is InChI=1S/C12H22N2O3/c1-8(2)7-10(12(16)17)14-11(15)9-5-3-4-6-13-9/h8-10,13H,3-7H2,1-2H3,(H,14,15)(H,16,17)/t9-,10+/m1/s1. The van der Waals surface area contributed by atoms with Crippen molar-refractivity contribution >= 4 is 11.9 Å². The number of hydrogen-bond acceptors (Lipinski definition) is 3. The topological polar surface area (TPSA) is 78.4 Å². The van der Waals surface area contributed by atoms with Gasteiger partial charge in [0.15, 0.2) is 0 Å². The Morgan fingerprint density at radius 3 is 2.59 bits per heavy atom. The van der Waals surface area contributed by atoms with Gasteiger partial charge in [-0.15, -0.1) is 0 Å². The third kappa shape index (κ3) is 4.73. The molecule has 1 aliphatic rings. The Hall–Kier alpha value is -1.10. The molecule has 1 saturated heterocycles. The number of aliphatic carboxylic acids is 1. The van der Waals surface area contributed by atoms with Gasteiger partial charge in [0.05, 0.1) is 6.04 Å². The number of carbonyl (C=O) groups excluding carboxylic acids is 1. The van der Waals surface area contributed by atoms with Crippen LogP contribution in [0.5, 0.6) is 0 Å². The molecule has 1 aliphatic heterocycles. The molecule has 1 rings (SSSR count). The zero-order chi connectivity index (χ0) is 12.8. The summed E-state index contributed by atoms with van der Waals surface area (Å²) in [5, 5.41) is 14.8. The molecule has 0 aromatic heterocycles. The van der Waals surface area contributed by atoms with E-state index >= 15 is 0 Å². The maximum atomic E-state index is 11.9. The molecule has 5 nitrogen and oxygen atoms in total. The second-order valence-electron chi connectivity index (χ2n) is 5.03. The summed E-state index contributed by atoms with van der Waals surface area (Å²) in [4.78, 5) is 22.9. The molecule has 5 heteroatoms. The first kappa shape index (κ1) is 14.0. The summed E-state index contributed by atoms with van der Waals surface area (Å²) < 4.78 is 0. The first-order valence-corrected chi connectivity index (χ1v) is 6.27. The largest absolute Gasteiger partial charge is 0.480 e. The molecule has 0 radical (unpaired) electrons. The van der Waals surface area contributed by atoms with E-state index in [2.05, 4.69) is 10.6 Å². The highest BCUT2D eigenvalue weighted by Crippen LogP contribution is 2.09. The Bertz CT molecular complexity index is 273. The quantitative estimate of drug-likeness (QED) is 0.664. The van der Waals surface area contributed by atoms with Gasteiger partial charge in [-0.05, 0) is 31.7 Å². The zero-order valence-corrected chi connectivity index (χ0v) is 10.5. The number of rotatable bonds is 5. The molecule has 2 atom stereocenters. The highest BCUT2D eigenvalue weighted by atomic mass is 16.4. The first-order chi connectivity index (χ1) is 8.00. The van der Waals surface area contributed by atoms with Crippen molar-refractivity contribution < 1.29 is 14.7 Å². The Labute approximate surface area is 102 Å². The fraction of sp³-hybridized carbons (Fsp3) is 0.833. The van der Waals surface area contributed by atoms with Crippen molar-refractivity contribution in [2.75, 3.05) is 6.54 Å². The average Bonchev–Trinajstić information content (AvgIpc) is 2.28. The van der Waals surface area contributed by atoms with Gasteiger partial charge in [-0.2, -0.15) is 0 Å². The Morgan fingerprint density at radius 1 is 1.41 bits per heavy atom. The van der Waals surface area contributed by atoms with E-state index in [1.807, 2.05) is 13.8 Å². The molecule has 0 unspecified atom stereocenters. The van der Waals surface area contributed by atoms with Crippen LogP contribution in [0.15, 0.2) is 0 Å². The van der Waals surface area contributed by atoms with Crippen molar-refractivity contribution in [3.05, 3.63) is 0 Å². The normalized spacial score (nSPS) is 22.2. The monoisotopic (exact) mass is 242 g/mol. The minimum atomic E-state index is -0.956. The van der Waals surface area contributed by atoms with Crippen molar-refractivity contribution in [2.24, 2.45) is 5.92 Å². The maximum absolute atomic E-state index is 11.9. The summed E-state index contributed by atoms with van der Waals surface area (Å²) in [7, 11) is 0. The summed E-state index contributed by atoms with van der Waals surface area (Å²) in [6.07, 6.45) is 3.36. The molecule has 0 spiro atoms. The summed E-state index contributed by atoms with van der Waals surface area (Å²) in [6.45, 7) is 4.72. The van der Waals surface area contributed by atoms with E-state index in [4.69, 9.17) is 5.11 Å². The van der Waals surface area contributed by atoms with Crippen LogP contribution in [0, 0.1) is 5.92 Å².